The van der Waals surface area contributed by atoms with Crippen LogP contribution in [0.3, 0.4) is 0 Å². The van der Waals surface area contributed by atoms with E-state index in [0.29, 0.717) is 5.02 Å². The molecule has 0 unspecified atom stereocenters. The van der Waals surface area contributed by atoms with Crippen molar-refractivity contribution < 1.29 is 4.39 Å². The number of nitrogens with one attached hydrogen (secondary N) is 1. The highest BCUT2D eigenvalue weighted by atomic mass is 35.5. The van der Waals surface area contributed by atoms with Crippen LogP contribution in [0, 0.1) is 5.82 Å². The smallest absolute Gasteiger partial charge is 0.127 e. The third-order valence-corrected chi connectivity index (χ3v) is 2.55. The topological polar surface area (TPSA) is 12.0 Å². The molecule has 0 bridgehead atoms. The summed E-state index contributed by atoms with van der Waals surface area (Å²) in [4.78, 5) is 0. The molecule has 1 aromatic rings. The minimum atomic E-state index is -0.189. The van der Waals surface area contributed by atoms with Crippen molar-refractivity contribution in [3.05, 3.63) is 34.6 Å². The van der Waals surface area contributed by atoms with Crippen LogP contribution in [0.2, 0.25) is 5.02 Å². The van der Waals surface area contributed by atoms with E-state index >= 15 is 0 Å². The van der Waals surface area contributed by atoms with Gasteiger partial charge in [-0.1, -0.05) is 24.6 Å². The van der Waals surface area contributed by atoms with Gasteiger partial charge in [-0.25, -0.2) is 4.39 Å². The molecule has 0 aliphatic rings. The highest BCUT2D eigenvalue weighted by molar-refractivity contribution is 6.30. The molecule has 0 amide bonds. The second kappa shape index (κ2) is 6.81. The molecule has 0 atom stereocenters. The predicted octanol–water partition coefficient (Wildman–Crippen LogP) is 3.41. The SMILES string of the molecule is CCNCCCCc1ccc(Cl)cc1F. The molecule has 0 radical (unpaired) electrons. The maximum absolute atomic E-state index is 13.3. The fourth-order valence-electron chi connectivity index (χ4n) is 1.47. The highest BCUT2D eigenvalue weighted by Crippen LogP contribution is 2.16. The number of halogens is 2. The number of aryl methyl sites for hydroxylation is 1. The summed E-state index contributed by atoms with van der Waals surface area (Å²) in [6.45, 7) is 4.08. The number of hydrogen-bond donors (Lipinski definition) is 1. The van der Waals surface area contributed by atoms with E-state index in [-0.39, 0.29) is 5.82 Å². The molecule has 1 nitrogen and oxygen atoms in total. The van der Waals surface area contributed by atoms with E-state index < -0.39 is 0 Å². The standard InChI is InChI=1S/C12H17ClFN/c1-2-15-8-4-3-5-10-6-7-11(13)9-12(10)14/h6-7,9,15H,2-5,8H2,1H3. The van der Waals surface area contributed by atoms with Crippen molar-refractivity contribution in [2.45, 2.75) is 26.2 Å². The van der Waals surface area contributed by atoms with E-state index in [0.717, 1.165) is 37.9 Å². The van der Waals surface area contributed by atoms with Gasteiger partial charge in [-0.3, -0.25) is 0 Å². The molecule has 1 aromatic carbocycles. The Morgan fingerprint density at radius 3 is 2.80 bits per heavy atom. The molecule has 0 aliphatic heterocycles. The van der Waals surface area contributed by atoms with Gasteiger partial charge in [0.1, 0.15) is 5.82 Å². The Hall–Kier alpha value is -0.600. The Labute approximate surface area is 95.6 Å². The number of unbranched alkanes of at least 4 members (excludes halogenated alkanes) is 1. The molecule has 1 N–H and O–H groups in total. The molecule has 0 saturated heterocycles. The first-order valence-electron chi connectivity index (χ1n) is 5.38. The maximum atomic E-state index is 13.3. The summed E-state index contributed by atoms with van der Waals surface area (Å²) in [5, 5.41) is 3.71. The summed E-state index contributed by atoms with van der Waals surface area (Å²) < 4.78 is 13.3. The monoisotopic (exact) mass is 229 g/mol. The number of hydrogen-bond acceptors (Lipinski definition) is 1. The Kier molecular flexibility index (Phi) is 5.66. The van der Waals surface area contributed by atoms with Gasteiger partial charge in [0.05, 0.1) is 0 Å². The van der Waals surface area contributed by atoms with Crippen LogP contribution in [-0.4, -0.2) is 13.1 Å². The van der Waals surface area contributed by atoms with Crippen LogP contribution in [0.15, 0.2) is 18.2 Å². The average molecular weight is 230 g/mol. The van der Waals surface area contributed by atoms with Crippen LogP contribution >= 0.6 is 11.6 Å². The van der Waals surface area contributed by atoms with Gasteiger partial charge >= 0.3 is 0 Å². The molecule has 0 saturated carbocycles. The Morgan fingerprint density at radius 1 is 1.33 bits per heavy atom. The summed E-state index contributed by atoms with van der Waals surface area (Å²) in [5.74, 6) is -0.189. The molecule has 0 fully saturated rings. The van der Waals surface area contributed by atoms with Crippen molar-refractivity contribution in [1.82, 2.24) is 5.32 Å². The van der Waals surface area contributed by atoms with Gasteiger partial charge in [0, 0.05) is 5.02 Å². The third kappa shape index (κ3) is 4.63. The minimum absolute atomic E-state index is 0.189. The second-order valence-corrected chi connectivity index (χ2v) is 3.98. The van der Waals surface area contributed by atoms with Gasteiger partial charge in [0.15, 0.2) is 0 Å². The van der Waals surface area contributed by atoms with Crippen LogP contribution in [0.25, 0.3) is 0 Å². The molecular weight excluding hydrogens is 213 g/mol. The lowest BCUT2D eigenvalue weighted by Gasteiger charge is -2.04. The van der Waals surface area contributed by atoms with Gasteiger partial charge in [0.25, 0.3) is 0 Å². The number of benzene rings is 1. The largest absolute Gasteiger partial charge is 0.317 e. The lowest BCUT2D eigenvalue weighted by atomic mass is 10.1. The van der Waals surface area contributed by atoms with Gasteiger partial charge in [0.2, 0.25) is 0 Å². The van der Waals surface area contributed by atoms with Crippen molar-refractivity contribution in [2.24, 2.45) is 0 Å². The molecule has 3 heteroatoms. The minimum Gasteiger partial charge on any atom is -0.317 e. The van der Waals surface area contributed by atoms with Crippen molar-refractivity contribution in [1.29, 1.82) is 0 Å². The van der Waals surface area contributed by atoms with Crippen LogP contribution in [0.4, 0.5) is 4.39 Å². The second-order valence-electron chi connectivity index (χ2n) is 3.55. The van der Waals surface area contributed by atoms with Crippen molar-refractivity contribution in [3.63, 3.8) is 0 Å². The van der Waals surface area contributed by atoms with Crippen molar-refractivity contribution >= 4 is 11.6 Å². The Bertz CT molecular complexity index is 302. The zero-order valence-corrected chi connectivity index (χ0v) is 9.78. The normalized spacial score (nSPS) is 10.6. The molecule has 0 aliphatic carbocycles. The van der Waals surface area contributed by atoms with E-state index in [1.807, 2.05) is 0 Å². The van der Waals surface area contributed by atoms with E-state index in [1.54, 1.807) is 12.1 Å². The Balaban J connectivity index is 2.31. The quantitative estimate of drug-likeness (QED) is 0.738. The molecule has 0 aromatic heterocycles. The average Bonchev–Trinajstić information content (AvgIpc) is 2.20. The van der Waals surface area contributed by atoms with Crippen LogP contribution in [0.5, 0.6) is 0 Å². The third-order valence-electron chi connectivity index (χ3n) is 2.31. The van der Waals surface area contributed by atoms with Gasteiger partial charge in [-0.05, 0) is 50.0 Å². The van der Waals surface area contributed by atoms with Gasteiger partial charge in [-0.15, -0.1) is 0 Å². The van der Waals surface area contributed by atoms with Crippen LogP contribution < -0.4 is 5.32 Å². The fourth-order valence-corrected chi connectivity index (χ4v) is 1.63. The van der Waals surface area contributed by atoms with Gasteiger partial charge in [-0.2, -0.15) is 0 Å². The van der Waals surface area contributed by atoms with Crippen molar-refractivity contribution in [3.8, 4) is 0 Å². The van der Waals surface area contributed by atoms with Crippen LogP contribution in [0.1, 0.15) is 25.3 Å². The summed E-state index contributed by atoms with van der Waals surface area (Å²) in [6.07, 6.45) is 2.87. The lowest BCUT2D eigenvalue weighted by Crippen LogP contribution is -2.14. The van der Waals surface area contributed by atoms with E-state index in [4.69, 9.17) is 11.6 Å². The summed E-state index contributed by atoms with van der Waals surface area (Å²) in [5.41, 5.74) is 0.760. The molecular formula is C12H17ClFN. The van der Waals surface area contributed by atoms with Crippen molar-refractivity contribution in [2.75, 3.05) is 13.1 Å². The summed E-state index contributed by atoms with van der Waals surface area (Å²) in [7, 11) is 0. The van der Waals surface area contributed by atoms with E-state index in [9.17, 15) is 4.39 Å². The first-order valence-corrected chi connectivity index (χ1v) is 5.76. The predicted molar refractivity (Wildman–Crippen MR) is 62.9 cm³/mol. The molecule has 0 spiro atoms. The maximum Gasteiger partial charge on any atom is 0.127 e. The summed E-state index contributed by atoms with van der Waals surface area (Å²) in [6, 6.07) is 4.89. The lowest BCUT2D eigenvalue weighted by molar-refractivity contribution is 0.591. The molecule has 15 heavy (non-hydrogen) atoms. The Morgan fingerprint density at radius 2 is 2.13 bits per heavy atom. The molecule has 0 heterocycles. The van der Waals surface area contributed by atoms with E-state index in [1.165, 1.54) is 6.07 Å². The van der Waals surface area contributed by atoms with E-state index in [2.05, 4.69) is 12.2 Å². The molecule has 1 rings (SSSR count). The van der Waals surface area contributed by atoms with Gasteiger partial charge < -0.3 is 5.32 Å². The van der Waals surface area contributed by atoms with Crippen LogP contribution in [-0.2, 0) is 6.42 Å². The fraction of sp³-hybridized carbons (Fsp3) is 0.500. The highest BCUT2D eigenvalue weighted by Gasteiger charge is 2.02. The zero-order chi connectivity index (χ0) is 11.1. The first kappa shape index (κ1) is 12.5. The first-order chi connectivity index (χ1) is 7.24. The number of rotatable bonds is 6. The molecule has 84 valence electrons. The summed E-state index contributed by atoms with van der Waals surface area (Å²) >= 11 is 5.67. The zero-order valence-electron chi connectivity index (χ0n) is 9.02.